The molecule has 2 atom stereocenters. The molecule has 1 amide bonds. The number of carboxylic acid groups (broad SMARTS) is 1. The van der Waals surface area contributed by atoms with Crippen LogP contribution in [-0.4, -0.2) is 54.3 Å². The van der Waals surface area contributed by atoms with E-state index in [0.717, 1.165) is 18.4 Å². The minimum Gasteiger partial charge on any atom is -0.493 e. The van der Waals surface area contributed by atoms with Gasteiger partial charge in [-0.2, -0.15) is 0 Å². The number of rotatable bonds is 5. The van der Waals surface area contributed by atoms with Crippen molar-refractivity contribution in [2.45, 2.75) is 31.3 Å². The molecular formula is C17H21NO5. The molecule has 0 aromatic heterocycles. The maximum atomic E-state index is 12.9. The van der Waals surface area contributed by atoms with Gasteiger partial charge in [0.1, 0.15) is 12.3 Å². The molecule has 0 aliphatic carbocycles. The number of para-hydroxylation sites is 1. The van der Waals surface area contributed by atoms with Gasteiger partial charge in [0, 0.05) is 18.7 Å². The Morgan fingerprint density at radius 3 is 2.78 bits per heavy atom. The molecule has 1 N–H and O–H groups in total. The minimum absolute atomic E-state index is 0.0617. The first-order valence-corrected chi connectivity index (χ1v) is 7.99. The third kappa shape index (κ3) is 3.64. The highest BCUT2D eigenvalue weighted by molar-refractivity contribution is 5.87. The SMILES string of the molecule is O=C(O)CN(CC1CCCO1)C(=O)C1CCOc2ccccc21. The minimum atomic E-state index is -1.00. The van der Waals surface area contributed by atoms with E-state index in [1.165, 1.54) is 4.90 Å². The lowest BCUT2D eigenvalue weighted by Crippen LogP contribution is -2.44. The highest BCUT2D eigenvalue weighted by Crippen LogP contribution is 2.34. The fourth-order valence-corrected chi connectivity index (χ4v) is 3.25. The first-order valence-electron chi connectivity index (χ1n) is 7.99. The van der Waals surface area contributed by atoms with Crippen molar-refractivity contribution in [3.8, 4) is 5.75 Å². The van der Waals surface area contributed by atoms with Gasteiger partial charge < -0.3 is 19.5 Å². The zero-order valence-corrected chi connectivity index (χ0v) is 12.9. The highest BCUT2D eigenvalue weighted by Gasteiger charge is 2.33. The Morgan fingerprint density at radius 2 is 2.04 bits per heavy atom. The molecule has 6 nitrogen and oxygen atoms in total. The molecule has 0 spiro atoms. The van der Waals surface area contributed by atoms with E-state index < -0.39 is 5.97 Å². The van der Waals surface area contributed by atoms with E-state index in [0.29, 0.717) is 31.9 Å². The lowest BCUT2D eigenvalue weighted by Gasteiger charge is -2.31. The molecule has 6 heteroatoms. The molecule has 23 heavy (non-hydrogen) atoms. The van der Waals surface area contributed by atoms with Crippen LogP contribution in [0.5, 0.6) is 5.75 Å². The molecule has 2 aliphatic rings. The molecule has 1 aromatic carbocycles. The molecule has 2 unspecified atom stereocenters. The second-order valence-corrected chi connectivity index (χ2v) is 5.98. The van der Waals surface area contributed by atoms with E-state index in [9.17, 15) is 9.59 Å². The van der Waals surface area contributed by atoms with E-state index in [1.54, 1.807) is 0 Å². The Bertz CT molecular complexity index is 582. The third-order valence-electron chi connectivity index (χ3n) is 4.34. The van der Waals surface area contributed by atoms with Crippen molar-refractivity contribution in [3.05, 3.63) is 29.8 Å². The zero-order chi connectivity index (χ0) is 16.2. The van der Waals surface area contributed by atoms with Crippen LogP contribution in [0.2, 0.25) is 0 Å². The van der Waals surface area contributed by atoms with Crippen LogP contribution in [0, 0.1) is 0 Å². The van der Waals surface area contributed by atoms with Gasteiger partial charge in [-0.15, -0.1) is 0 Å². The largest absolute Gasteiger partial charge is 0.493 e. The van der Waals surface area contributed by atoms with Crippen molar-refractivity contribution in [2.75, 3.05) is 26.3 Å². The van der Waals surface area contributed by atoms with Gasteiger partial charge in [0.15, 0.2) is 0 Å². The van der Waals surface area contributed by atoms with Gasteiger partial charge in [0.05, 0.1) is 18.6 Å². The molecule has 0 bridgehead atoms. The Kier molecular flexibility index (Phi) is 4.81. The quantitative estimate of drug-likeness (QED) is 0.893. The van der Waals surface area contributed by atoms with E-state index in [-0.39, 0.29) is 24.5 Å². The van der Waals surface area contributed by atoms with Crippen LogP contribution in [-0.2, 0) is 14.3 Å². The normalized spacial score (nSPS) is 23.0. The van der Waals surface area contributed by atoms with Crippen molar-refractivity contribution < 1.29 is 24.2 Å². The first-order chi connectivity index (χ1) is 11.1. The molecule has 0 saturated carbocycles. The van der Waals surface area contributed by atoms with Gasteiger partial charge in [-0.05, 0) is 25.3 Å². The fraction of sp³-hybridized carbons (Fsp3) is 0.529. The predicted molar refractivity (Wildman–Crippen MR) is 82.5 cm³/mol. The van der Waals surface area contributed by atoms with Gasteiger partial charge in [0.2, 0.25) is 5.91 Å². The molecule has 1 saturated heterocycles. The van der Waals surface area contributed by atoms with Crippen molar-refractivity contribution in [2.24, 2.45) is 0 Å². The van der Waals surface area contributed by atoms with Gasteiger partial charge in [-0.25, -0.2) is 0 Å². The van der Waals surface area contributed by atoms with Gasteiger partial charge in [-0.1, -0.05) is 18.2 Å². The van der Waals surface area contributed by atoms with E-state index in [4.69, 9.17) is 14.6 Å². The van der Waals surface area contributed by atoms with Crippen LogP contribution >= 0.6 is 0 Å². The maximum absolute atomic E-state index is 12.9. The molecule has 3 rings (SSSR count). The summed E-state index contributed by atoms with van der Waals surface area (Å²) in [7, 11) is 0. The summed E-state index contributed by atoms with van der Waals surface area (Å²) in [6.45, 7) is 1.19. The molecule has 2 heterocycles. The first kappa shape index (κ1) is 15.8. The Hall–Kier alpha value is -2.08. The summed E-state index contributed by atoms with van der Waals surface area (Å²) < 4.78 is 11.1. The Morgan fingerprint density at radius 1 is 1.22 bits per heavy atom. The lowest BCUT2D eigenvalue weighted by atomic mass is 9.91. The zero-order valence-electron chi connectivity index (χ0n) is 12.9. The van der Waals surface area contributed by atoms with Crippen LogP contribution in [0.4, 0.5) is 0 Å². The fourth-order valence-electron chi connectivity index (χ4n) is 3.25. The molecule has 1 aromatic rings. The van der Waals surface area contributed by atoms with Crippen LogP contribution in [0.1, 0.15) is 30.7 Å². The van der Waals surface area contributed by atoms with Gasteiger partial charge >= 0.3 is 5.97 Å². The second-order valence-electron chi connectivity index (χ2n) is 5.98. The number of nitrogens with zero attached hydrogens (tertiary/aromatic N) is 1. The average molecular weight is 319 g/mol. The Labute approximate surface area is 135 Å². The number of benzene rings is 1. The second kappa shape index (κ2) is 7.00. The molecule has 1 fully saturated rings. The van der Waals surface area contributed by atoms with Crippen molar-refractivity contribution >= 4 is 11.9 Å². The summed E-state index contributed by atoms with van der Waals surface area (Å²) in [5, 5.41) is 9.14. The van der Waals surface area contributed by atoms with Crippen LogP contribution in [0.25, 0.3) is 0 Å². The number of ether oxygens (including phenoxy) is 2. The monoisotopic (exact) mass is 319 g/mol. The standard InChI is InChI=1S/C17H21NO5/c19-16(20)11-18(10-12-4-3-8-22-12)17(21)14-7-9-23-15-6-2-1-5-13(14)15/h1-2,5-6,12,14H,3-4,7-11H2,(H,19,20). The Balaban J connectivity index is 1.78. The number of hydrogen-bond acceptors (Lipinski definition) is 4. The summed E-state index contributed by atoms with van der Waals surface area (Å²) in [4.78, 5) is 25.5. The number of amides is 1. The van der Waals surface area contributed by atoms with Crippen molar-refractivity contribution in [3.63, 3.8) is 0 Å². The highest BCUT2D eigenvalue weighted by atomic mass is 16.5. The molecule has 2 aliphatic heterocycles. The van der Waals surface area contributed by atoms with E-state index in [1.807, 2.05) is 24.3 Å². The van der Waals surface area contributed by atoms with Gasteiger partial charge in [0.25, 0.3) is 0 Å². The summed E-state index contributed by atoms with van der Waals surface area (Å²) in [5.74, 6) is -0.791. The summed E-state index contributed by atoms with van der Waals surface area (Å²) in [5.41, 5.74) is 0.839. The van der Waals surface area contributed by atoms with Crippen LogP contribution < -0.4 is 4.74 Å². The van der Waals surface area contributed by atoms with E-state index >= 15 is 0 Å². The summed E-state index contributed by atoms with van der Waals surface area (Å²) >= 11 is 0. The molecule has 0 radical (unpaired) electrons. The lowest BCUT2D eigenvalue weighted by molar-refractivity contribution is -0.146. The van der Waals surface area contributed by atoms with Gasteiger partial charge in [-0.3, -0.25) is 9.59 Å². The number of hydrogen-bond donors (Lipinski definition) is 1. The molecule has 124 valence electrons. The number of carbonyl (C=O) groups excluding carboxylic acids is 1. The topological polar surface area (TPSA) is 76.1 Å². The van der Waals surface area contributed by atoms with E-state index in [2.05, 4.69) is 0 Å². The van der Waals surface area contributed by atoms with Crippen LogP contribution in [0.3, 0.4) is 0 Å². The number of carbonyl (C=O) groups is 2. The molecular weight excluding hydrogens is 298 g/mol. The van der Waals surface area contributed by atoms with Crippen molar-refractivity contribution in [1.29, 1.82) is 0 Å². The summed E-state index contributed by atoms with van der Waals surface area (Å²) in [6.07, 6.45) is 2.33. The van der Waals surface area contributed by atoms with Crippen LogP contribution in [0.15, 0.2) is 24.3 Å². The van der Waals surface area contributed by atoms with Crippen molar-refractivity contribution in [1.82, 2.24) is 4.90 Å². The average Bonchev–Trinajstić information content (AvgIpc) is 3.05. The number of carboxylic acids is 1. The summed E-state index contributed by atoms with van der Waals surface area (Å²) in [6, 6.07) is 7.46. The number of fused-ring (bicyclic) bond motifs is 1. The predicted octanol–water partition coefficient (Wildman–Crippen LogP) is 1.64. The smallest absolute Gasteiger partial charge is 0.323 e. The number of aliphatic carboxylic acids is 1. The third-order valence-corrected chi connectivity index (χ3v) is 4.34. The maximum Gasteiger partial charge on any atom is 0.323 e.